The SMILES string of the molecule is Cc1nnc(-c2ccc(CC(N)C(=O)O)cc2)nn1. The first-order valence-electron chi connectivity index (χ1n) is 5.68. The second kappa shape index (κ2) is 5.49. The van der Waals surface area contributed by atoms with E-state index in [1.807, 2.05) is 0 Å². The minimum absolute atomic E-state index is 0.279. The first-order valence-corrected chi connectivity index (χ1v) is 5.68. The molecule has 0 aliphatic heterocycles. The molecule has 98 valence electrons. The van der Waals surface area contributed by atoms with Crippen LogP contribution in [-0.2, 0) is 11.2 Å². The van der Waals surface area contributed by atoms with Gasteiger partial charge in [-0.2, -0.15) is 0 Å². The van der Waals surface area contributed by atoms with Crippen molar-refractivity contribution in [3.8, 4) is 11.4 Å². The van der Waals surface area contributed by atoms with Gasteiger partial charge in [-0.25, -0.2) is 0 Å². The molecule has 7 nitrogen and oxygen atoms in total. The molecule has 1 atom stereocenters. The number of hydrogen-bond donors (Lipinski definition) is 2. The van der Waals surface area contributed by atoms with Crippen LogP contribution in [0.2, 0.25) is 0 Å². The summed E-state index contributed by atoms with van der Waals surface area (Å²) in [6.45, 7) is 1.71. The van der Waals surface area contributed by atoms with Gasteiger partial charge in [0.15, 0.2) is 5.82 Å². The first kappa shape index (κ1) is 13.0. The average molecular weight is 259 g/mol. The predicted molar refractivity (Wildman–Crippen MR) is 67.1 cm³/mol. The number of rotatable bonds is 4. The van der Waals surface area contributed by atoms with Crippen molar-refractivity contribution in [2.75, 3.05) is 0 Å². The molecule has 0 saturated heterocycles. The molecule has 0 radical (unpaired) electrons. The van der Waals surface area contributed by atoms with Gasteiger partial charge in [-0.15, -0.1) is 20.4 Å². The zero-order valence-corrected chi connectivity index (χ0v) is 10.3. The van der Waals surface area contributed by atoms with E-state index < -0.39 is 12.0 Å². The molecule has 0 aliphatic rings. The number of carboxylic acids is 1. The molecule has 3 N–H and O–H groups in total. The summed E-state index contributed by atoms with van der Waals surface area (Å²) in [4.78, 5) is 10.7. The highest BCUT2D eigenvalue weighted by molar-refractivity contribution is 5.73. The van der Waals surface area contributed by atoms with Crippen molar-refractivity contribution in [3.05, 3.63) is 35.7 Å². The number of hydrogen-bond acceptors (Lipinski definition) is 6. The van der Waals surface area contributed by atoms with Crippen molar-refractivity contribution in [1.82, 2.24) is 20.4 Å². The van der Waals surface area contributed by atoms with Crippen LogP contribution in [-0.4, -0.2) is 37.5 Å². The van der Waals surface area contributed by atoms with E-state index in [4.69, 9.17) is 10.8 Å². The molecule has 1 unspecified atom stereocenters. The highest BCUT2D eigenvalue weighted by Gasteiger charge is 2.12. The molecule has 0 bridgehead atoms. The van der Waals surface area contributed by atoms with E-state index >= 15 is 0 Å². The first-order chi connectivity index (χ1) is 9.06. The van der Waals surface area contributed by atoms with Crippen molar-refractivity contribution in [2.45, 2.75) is 19.4 Å². The number of aliphatic carboxylic acids is 1. The Morgan fingerprint density at radius 3 is 2.32 bits per heavy atom. The molecule has 1 heterocycles. The lowest BCUT2D eigenvalue weighted by Crippen LogP contribution is -2.32. The van der Waals surface area contributed by atoms with Crippen molar-refractivity contribution in [2.24, 2.45) is 5.73 Å². The molecule has 1 aromatic heterocycles. The van der Waals surface area contributed by atoms with Gasteiger partial charge in [0.25, 0.3) is 0 Å². The van der Waals surface area contributed by atoms with Gasteiger partial charge in [-0.3, -0.25) is 4.79 Å². The molecule has 0 saturated carbocycles. The van der Waals surface area contributed by atoms with E-state index in [1.54, 1.807) is 31.2 Å². The Morgan fingerprint density at radius 1 is 1.21 bits per heavy atom. The number of nitrogens with two attached hydrogens (primary N) is 1. The molecule has 2 aromatic rings. The Labute approximate surface area is 109 Å². The highest BCUT2D eigenvalue weighted by atomic mass is 16.4. The van der Waals surface area contributed by atoms with Crippen LogP contribution in [0.5, 0.6) is 0 Å². The van der Waals surface area contributed by atoms with Gasteiger partial charge in [-0.05, 0) is 18.9 Å². The number of aryl methyl sites for hydroxylation is 1. The van der Waals surface area contributed by atoms with E-state index in [2.05, 4.69) is 20.4 Å². The normalized spacial score (nSPS) is 12.1. The van der Waals surface area contributed by atoms with E-state index in [-0.39, 0.29) is 6.42 Å². The summed E-state index contributed by atoms with van der Waals surface area (Å²) in [5.41, 5.74) is 7.08. The van der Waals surface area contributed by atoms with Crippen molar-refractivity contribution < 1.29 is 9.90 Å². The summed E-state index contributed by atoms with van der Waals surface area (Å²) >= 11 is 0. The predicted octanol–water partition coefficient (Wildman–Crippen LogP) is 0.196. The third-order valence-electron chi connectivity index (χ3n) is 2.56. The Hall–Kier alpha value is -2.41. The fourth-order valence-corrected chi connectivity index (χ4v) is 1.53. The molecular weight excluding hydrogens is 246 g/mol. The van der Waals surface area contributed by atoms with Crippen LogP contribution in [0.1, 0.15) is 11.4 Å². The lowest BCUT2D eigenvalue weighted by Gasteiger charge is -2.06. The van der Waals surface area contributed by atoms with Gasteiger partial charge in [0.05, 0.1) is 0 Å². The van der Waals surface area contributed by atoms with Crippen molar-refractivity contribution in [3.63, 3.8) is 0 Å². The number of carbonyl (C=O) groups is 1. The van der Waals surface area contributed by atoms with Crippen LogP contribution in [0, 0.1) is 6.92 Å². The molecule has 19 heavy (non-hydrogen) atoms. The maximum Gasteiger partial charge on any atom is 0.320 e. The molecule has 0 aliphatic carbocycles. The Morgan fingerprint density at radius 2 is 1.79 bits per heavy atom. The van der Waals surface area contributed by atoms with Gasteiger partial charge in [0.2, 0.25) is 5.82 Å². The Bertz CT molecular complexity index is 568. The Kier molecular flexibility index (Phi) is 3.76. The number of carboxylic acid groups (broad SMARTS) is 1. The third kappa shape index (κ3) is 3.29. The zero-order chi connectivity index (χ0) is 13.8. The largest absolute Gasteiger partial charge is 0.480 e. The van der Waals surface area contributed by atoms with Crippen LogP contribution >= 0.6 is 0 Å². The molecule has 1 aromatic carbocycles. The van der Waals surface area contributed by atoms with Gasteiger partial charge < -0.3 is 10.8 Å². The van der Waals surface area contributed by atoms with Crippen LogP contribution in [0.3, 0.4) is 0 Å². The average Bonchev–Trinajstić information content (AvgIpc) is 2.40. The van der Waals surface area contributed by atoms with Crippen LogP contribution in [0.4, 0.5) is 0 Å². The highest BCUT2D eigenvalue weighted by Crippen LogP contribution is 2.14. The quantitative estimate of drug-likeness (QED) is 0.805. The molecule has 0 spiro atoms. The minimum atomic E-state index is -1.01. The molecular formula is C12H13N5O2. The fourth-order valence-electron chi connectivity index (χ4n) is 1.53. The zero-order valence-electron chi connectivity index (χ0n) is 10.3. The number of aromatic nitrogens is 4. The smallest absolute Gasteiger partial charge is 0.320 e. The van der Waals surface area contributed by atoms with Crippen LogP contribution < -0.4 is 5.73 Å². The second-order valence-electron chi connectivity index (χ2n) is 4.12. The third-order valence-corrected chi connectivity index (χ3v) is 2.56. The molecule has 2 rings (SSSR count). The molecule has 0 amide bonds. The lowest BCUT2D eigenvalue weighted by molar-refractivity contribution is -0.138. The van der Waals surface area contributed by atoms with E-state index in [0.717, 1.165) is 11.1 Å². The Balaban J connectivity index is 2.14. The maximum atomic E-state index is 10.7. The summed E-state index contributed by atoms with van der Waals surface area (Å²) in [5.74, 6) is -0.0770. The fraction of sp³-hybridized carbons (Fsp3) is 0.250. The summed E-state index contributed by atoms with van der Waals surface area (Å²) in [5, 5.41) is 24.2. The molecule has 0 fully saturated rings. The standard InChI is InChI=1S/C12H13N5O2/c1-7-14-16-11(17-15-7)9-4-2-8(3-5-9)6-10(13)12(18)19/h2-5,10H,6,13H2,1H3,(H,18,19). The van der Waals surface area contributed by atoms with Crippen LogP contribution in [0.25, 0.3) is 11.4 Å². The summed E-state index contributed by atoms with van der Waals surface area (Å²) in [7, 11) is 0. The maximum absolute atomic E-state index is 10.7. The number of nitrogens with zero attached hydrogens (tertiary/aromatic N) is 4. The topological polar surface area (TPSA) is 115 Å². The van der Waals surface area contributed by atoms with Crippen molar-refractivity contribution in [1.29, 1.82) is 0 Å². The van der Waals surface area contributed by atoms with E-state index in [0.29, 0.717) is 11.6 Å². The van der Waals surface area contributed by atoms with Gasteiger partial charge in [0.1, 0.15) is 6.04 Å². The summed E-state index contributed by atoms with van der Waals surface area (Å²) in [6.07, 6.45) is 0.279. The molecule has 7 heteroatoms. The van der Waals surface area contributed by atoms with Gasteiger partial charge >= 0.3 is 5.97 Å². The van der Waals surface area contributed by atoms with E-state index in [9.17, 15) is 4.79 Å². The van der Waals surface area contributed by atoms with E-state index in [1.165, 1.54) is 0 Å². The monoisotopic (exact) mass is 259 g/mol. The lowest BCUT2D eigenvalue weighted by atomic mass is 10.0. The summed E-state index contributed by atoms with van der Waals surface area (Å²) < 4.78 is 0. The summed E-state index contributed by atoms with van der Waals surface area (Å²) in [6, 6.07) is 6.27. The second-order valence-corrected chi connectivity index (χ2v) is 4.12. The number of benzene rings is 1. The van der Waals surface area contributed by atoms with Crippen LogP contribution in [0.15, 0.2) is 24.3 Å². The van der Waals surface area contributed by atoms with Gasteiger partial charge in [-0.1, -0.05) is 24.3 Å². The van der Waals surface area contributed by atoms with Crippen molar-refractivity contribution >= 4 is 5.97 Å². The minimum Gasteiger partial charge on any atom is -0.480 e. The van der Waals surface area contributed by atoms with Gasteiger partial charge in [0, 0.05) is 5.56 Å².